The Kier molecular flexibility index (Phi) is 2.99. The van der Waals surface area contributed by atoms with Crippen LogP contribution in [-0.2, 0) is 4.74 Å². The number of nitrogens with zero attached hydrogens (tertiary/aromatic N) is 1. The van der Waals surface area contributed by atoms with E-state index in [1.54, 1.807) is 0 Å². The second-order valence-corrected chi connectivity index (χ2v) is 4.94. The van der Waals surface area contributed by atoms with Gasteiger partial charge in [-0.1, -0.05) is 19.3 Å². The first-order valence-electron chi connectivity index (χ1n) is 5.94. The summed E-state index contributed by atoms with van der Waals surface area (Å²) < 4.78 is 5.41. The third-order valence-corrected chi connectivity index (χ3v) is 4.03. The van der Waals surface area contributed by atoms with Crippen LogP contribution in [0.3, 0.4) is 0 Å². The zero-order valence-electron chi connectivity index (χ0n) is 9.17. The van der Waals surface area contributed by atoms with Crippen LogP contribution in [0.4, 0.5) is 0 Å². The van der Waals surface area contributed by atoms with Gasteiger partial charge in [-0.15, -0.1) is 0 Å². The molecule has 84 valence electrons. The smallest absolute Gasteiger partial charge is 0.109 e. The maximum Gasteiger partial charge on any atom is 0.109 e. The third kappa shape index (κ3) is 1.77. The molecule has 2 rings (SSSR count). The van der Waals surface area contributed by atoms with E-state index in [0.717, 1.165) is 45.1 Å². The molecule has 0 aromatic heterocycles. The van der Waals surface area contributed by atoms with E-state index in [4.69, 9.17) is 4.74 Å². The van der Waals surface area contributed by atoms with E-state index in [9.17, 15) is 10.4 Å². The van der Waals surface area contributed by atoms with Crippen molar-refractivity contribution >= 4 is 0 Å². The Morgan fingerprint density at radius 2 is 1.80 bits per heavy atom. The highest BCUT2D eigenvalue weighted by Crippen LogP contribution is 2.46. The van der Waals surface area contributed by atoms with Gasteiger partial charge in [0.25, 0.3) is 0 Å². The number of rotatable bonds is 1. The summed E-state index contributed by atoms with van der Waals surface area (Å²) in [4.78, 5) is 0. The van der Waals surface area contributed by atoms with Crippen molar-refractivity contribution in [2.75, 3.05) is 13.2 Å². The lowest BCUT2D eigenvalue weighted by Crippen LogP contribution is -2.53. The highest BCUT2D eigenvalue weighted by atomic mass is 16.5. The van der Waals surface area contributed by atoms with Crippen molar-refractivity contribution in [1.29, 1.82) is 5.26 Å². The Morgan fingerprint density at radius 3 is 2.33 bits per heavy atom. The monoisotopic (exact) mass is 209 g/mol. The molecule has 1 aliphatic carbocycles. The normalized spacial score (nSPS) is 35.7. The first kappa shape index (κ1) is 10.9. The van der Waals surface area contributed by atoms with Crippen LogP contribution in [0.2, 0.25) is 0 Å². The quantitative estimate of drug-likeness (QED) is 0.718. The van der Waals surface area contributed by atoms with Crippen molar-refractivity contribution in [3.63, 3.8) is 0 Å². The van der Waals surface area contributed by atoms with Gasteiger partial charge in [0.2, 0.25) is 0 Å². The lowest BCUT2D eigenvalue weighted by atomic mass is 9.63. The first-order valence-corrected chi connectivity index (χ1v) is 5.94. The van der Waals surface area contributed by atoms with Crippen molar-refractivity contribution in [2.45, 2.75) is 50.5 Å². The van der Waals surface area contributed by atoms with Crippen LogP contribution in [-0.4, -0.2) is 23.9 Å². The maximum atomic E-state index is 10.6. The SMILES string of the molecule is N#CC1(C2(O)CCCCC2)CCCOC1. The molecular weight excluding hydrogens is 190 g/mol. The Morgan fingerprint density at radius 1 is 1.07 bits per heavy atom. The molecule has 0 aromatic rings. The summed E-state index contributed by atoms with van der Waals surface area (Å²) in [5, 5.41) is 20.0. The van der Waals surface area contributed by atoms with E-state index >= 15 is 0 Å². The molecular formula is C12H19NO2. The van der Waals surface area contributed by atoms with Gasteiger partial charge in [0.15, 0.2) is 0 Å². The van der Waals surface area contributed by atoms with Crippen LogP contribution in [0.1, 0.15) is 44.9 Å². The van der Waals surface area contributed by atoms with E-state index < -0.39 is 11.0 Å². The Balaban J connectivity index is 2.19. The van der Waals surface area contributed by atoms with Gasteiger partial charge in [-0.2, -0.15) is 5.26 Å². The van der Waals surface area contributed by atoms with Gasteiger partial charge in [-0.25, -0.2) is 0 Å². The molecule has 15 heavy (non-hydrogen) atoms. The molecule has 2 fully saturated rings. The summed E-state index contributed by atoms with van der Waals surface area (Å²) in [6.45, 7) is 1.15. The fourth-order valence-electron chi connectivity index (χ4n) is 2.97. The van der Waals surface area contributed by atoms with Gasteiger partial charge < -0.3 is 9.84 Å². The summed E-state index contributed by atoms with van der Waals surface area (Å²) >= 11 is 0. The average molecular weight is 209 g/mol. The Hall–Kier alpha value is -0.590. The standard InChI is InChI=1S/C12H19NO2/c13-9-11(5-4-8-15-10-11)12(14)6-2-1-3-7-12/h14H,1-8,10H2. The highest BCUT2D eigenvalue weighted by molar-refractivity contribution is 5.13. The van der Waals surface area contributed by atoms with E-state index in [0.29, 0.717) is 6.61 Å². The molecule has 1 N–H and O–H groups in total. The van der Waals surface area contributed by atoms with Gasteiger partial charge in [0.1, 0.15) is 5.41 Å². The molecule has 0 radical (unpaired) electrons. The molecule has 3 nitrogen and oxygen atoms in total. The molecule has 0 bridgehead atoms. The van der Waals surface area contributed by atoms with Crippen LogP contribution in [0.15, 0.2) is 0 Å². The van der Waals surface area contributed by atoms with Gasteiger partial charge in [0.05, 0.1) is 18.3 Å². The third-order valence-electron chi connectivity index (χ3n) is 4.03. The summed E-state index contributed by atoms with van der Waals surface area (Å²) in [5.41, 5.74) is -1.42. The number of hydrogen-bond donors (Lipinski definition) is 1. The van der Waals surface area contributed by atoms with E-state index in [1.165, 1.54) is 6.42 Å². The van der Waals surface area contributed by atoms with Gasteiger partial charge in [-0.3, -0.25) is 0 Å². The number of nitriles is 1. The zero-order chi connectivity index (χ0) is 10.8. The molecule has 1 saturated carbocycles. The largest absolute Gasteiger partial charge is 0.388 e. The first-order chi connectivity index (χ1) is 7.22. The number of ether oxygens (including phenoxy) is 1. The minimum atomic E-state index is -0.791. The Bertz CT molecular complexity index is 257. The van der Waals surface area contributed by atoms with Crippen molar-refractivity contribution in [3.8, 4) is 6.07 Å². The molecule has 0 spiro atoms. The van der Waals surface area contributed by atoms with Crippen molar-refractivity contribution in [3.05, 3.63) is 0 Å². The lowest BCUT2D eigenvalue weighted by molar-refractivity contribution is -0.135. The second kappa shape index (κ2) is 4.11. The van der Waals surface area contributed by atoms with Gasteiger partial charge in [-0.05, 0) is 25.7 Å². The zero-order valence-corrected chi connectivity index (χ0v) is 9.17. The van der Waals surface area contributed by atoms with Crippen LogP contribution in [0, 0.1) is 16.7 Å². The maximum absolute atomic E-state index is 10.6. The van der Waals surface area contributed by atoms with Crippen molar-refractivity contribution in [1.82, 2.24) is 0 Å². The molecule has 2 aliphatic rings. The molecule has 1 saturated heterocycles. The predicted molar refractivity (Wildman–Crippen MR) is 56.1 cm³/mol. The molecule has 1 unspecified atom stereocenters. The summed E-state index contributed by atoms with van der Waals surface area (Å²) in [6, 6.07) is 2.35. The van der Waals surface area contributed by atoms with Crippen LogP contribution in [0.25, 0.3) is 0 Å². The lowest BCUT2D eigenvalue weighted by Gasteiger charge is -2.46. The molecule has 0 amide bonds. The van der Waals surface area contributed by atoms with Gasteiger partial charge >= 0.3 is 0 Å². The topological polar surface area (TPSA) is 53.2 Å². The van der Waals surface area contributed by atoms with E-state index in [-0.39, 0.29) is 0 Å². The molecule has 0 aromatic carbocycles. The predicted octanol–water partition coefficient (Wildman–Crippen LogP) is 2.00. The number of aliphatic hydroxyl groups is 1. The van der Waals surface area contributed by atoms with Crippen LogP contribution >= 0.6 is 0 Å². The van der Waals surface area contributed by atoms with E-state index in [1.807, 2.05) is 0 Å². The average Bonchev–Trinajstić information content (AvgIpc) is 2.31. The van der Waals surface area contributed by atoms with Crippen molar-refractivity contribution < 1.29 is 9.84 Å². The second-order valence-electron chi connectivity index (χ2n) is 4.94. The highest BCUT2D eigenvalue weighted by Gasteiger charge is 2.52. The minimum Gasteiger partial charge on any atom is -0.388 e. The van der Waals surface area contributed by atoms with Crippen molar-refractivity contribution in [2.24, 2.45) is 5.41 Å². The van der Waals surface area contributed by atoms with Gasteiger partial charge in [0, 0.05) is 6.61 Å². The fourth-order valence-corrected chi connectivity index (χ4v) is 2.97. The van der Waals surface area contributed by atoms with E-state index in [2.05, 4.69) is 6.07 Å². The van der Waals surface area contributed by atoms with Crippen LogP contribution < -0.4 is 0 Å². The molecule has 1 atom stereocenters. The van der Waals surface area contributed by atoms with Crippen LogP contribution in [0.5, 0.6) is 0 Å². The number of hydrogen-bond acceptors (Lipinski definition) is 3. The minimum absolute atomic E-state index is 0.417. The summed E-state index contributed by atoms with van der Waals surface area (Å²) in [6.07, 6.45) is 6.49. The molecule has 1 aliphatic heterocycles. The summed E-state index contributed by atoms with van der Waals surface area (Å²) in [7, 11) is 0. The molecule has 3 heteroatoms. The Labute approximate surface area is 91.0 Å². The fraction of sp³-hybridized carbons (Fsp3) is 0.917. The summed E-state index contributed by atoms with van der Waals surface area (Å²) in [5.74, 6) is 0. The molecule has 1 heterocycles.